The van der Waals surface area contributed by atoms with Gasteiger partial charge in [-0.2, -0.15) is 0 Å². The van der Waals surface area contributed by atoms with Crippen molar-refractivity contribution in [2.24, 2.45) is 0 Å². The van der Waals surface area contributed by atoms with Gasteiger partial charge < -0.3 is 14.0 Å². The highest BCUT2D eigenvalue weighted by Crippen LogP contribution is 2.39. The SMILES string of the molecule is c1ccc(N(c2ccc(-c3ccc(-n4c5ccccc5c5ccccc54)cc3)cc2)c2ccc(-c3ccc4c(c3)c3ccccc3n4-c3ccccc3)cc2)cc1. The van der Waals surface area contributed by atoms with Crippen molar-refractivity contribution in [3.05, 3.63) is 224 Å². The third-order valence-electron chi connectivity index (χ3n) is 11.3. The monoisotopic (exact) mass is 727 g/mol. The van der Waals surface area contributed by atoms with Gasteiger partial charge in [-0.1, -0.05) is 133 Å². The van der Waals surface area contributed by atoms with E-state index in [9.17, 15) is 0 Å². The lowest BCUT2D eigenvalue weighted by atomic mass is 10.0. The average Bonchev–Trinajstić information content (AvgIpc) is 3.80. The highest BCUT2D eigenvalue weighted by atomic mass is 15.1. The highest BCUT2D eigenvalue weighted by Gasteiger charge is 2.16. The third-order valence-corrected chi connectivity index (χ3v) is 11.3. The second kappa shape index (κ2) is 13.6. The maximum atomic E-state index is 2.36. The molecule has 9 aromatic carbocycles. The van der Waals surface area contributed by atoms with Gasteiger partial charge in [-0.25, -0.2) is 0 Å². The molecule has 2 heterocycles. The summed E-state index contributed by atoms with van der Waals surface area (Å²) in [6, 6.07) is 80.9. The molecule has 0 N–H and O–H groups in total. The van der Waals surface area contributed by atoms with Crippen molar-refractivity contribution in [3.63, 3.8) is 0 Å². The number of hydrogen-bond acceptors (Lipinski definition) is 1. The molecule has 0 aliphatic heterocycles. The van der Waals surface area contributed by atoms with Gasteiger partial charge in [0.25, 0.3) is 0 Å². The second-order valence-corrected chi connectivity index (χ2v) is 14.6. The van der Waals surface area contributed by atoms with E-state index in [0.717, 1.165) is 22.7 Å². The molecule has 0 fully saturated rings. The van der Waals surface area contributed by atoms with Gasteiger partial charge in [0.1, 0.15) is 0 Å². The smallest absolute Gasteiger partial charge is 0.0541 e. The summed E-state index contributed by atoms with van der Waals surface area (Å²) in [6.45, 7) is 0. The van der Waals surface area contributed by atoms with Crippen molar-refractivity contribution in [1.82, 2.24) is 9.13 Å². The molecule has 11 rings (SSSR count). The van der Waals surface area contributed by atoms with Crippen molar-refractivity contribution in [2.75, 3.05) is 4.90 Å². The Balaban J connectivity index is 0.913. The number of benzene rings is 9. The minimum absolute atomic E-state index is 1.11. The van der Waals surface area contributed by atoms with Gasteiger partial charge in [-0.05, 0) is 113 Å². The number of hydrogen-bond donors (Lipinski definition) is 0. The fraction of sp³-hybridized carbons (Fsp3) is 0. The molecule has 0 unspecified atom stereocenters. The number of para-hydroxylation sites is 5. The van der Waals surface area contributed by atoms with Crippen LogP contribution in [0.5, 0.6) is 0 Å². The fourth-order valence-electron chi connectivity index (χ4n) is 8.64. The molecule has 268 valence electrons. The molecule has 0 spiro atoms. The van der Waals surface area contributed by atoms with Crippen molar-refractivity contribution < 1.29 is 0 Å². The molecule has 0 aliphatic rings. The number of anilines is 3. The lowest BCUT2D eigenvalue weighted by Crippen LogP contribution is -2.09. The number of nitrogens with zero attached hydrogens (tertiary/aromatic N) is 3. The Kier molecular flexibility index (Phi) is 7.82. The van der Waals surface area contributed by atoms with Gasteiger partial charge in [0.15, 0.2) is 0 Å². The fourth-order valence-corrected chi connectivity index (χ4v) is 8.64. The van der Waals surface area contributed by atoms with Crippen molar-refractivity contribution in [3.8, 4) is 33.6 Å². The van der Waals surface area contributed by atoms with Gasteiger partial charge >= 0.3 is 0 Å². The molecule has 0 saturated carbocycles. The first-order valence-corrected chi connectivity index (χ1v) is 19.5. The number of aromatic nitrogens is 2. The van der Waals surface area contributed by atoms with Crippen LogP contribution in [0.25, 0.3) is 77.2 Å². The summed E-state index contributed by atoms with van der Waals surface area (Å²) < 4.78 is 4.73. The van der Waals surface area contributed by atoms with Crippen LogP contribution in [0.15, 0.2) is 224 Å². The van der Waals surface area contributed by atoms with Crippen molar-refractivity contribution >= 4 is 60.7 Å². The van der Waals surface area contributed by atoms with E-state index in [1.807, 2.05) is 0 Å². The summed E-state index contributed by atoms with van der Waals surface area (Å²) in [5.74, 6) is 0. The van der Waals surface area contributed by atoms with Crippen LogP contribution in [0.3, 0.4) is 0 Å². The molecule has 0 aliphatic carbocycles. The van der Waals surface area contributed by atoms with E-state index in [2.05, 4.69) is 238 Å². The summed E-state index contributed by atoms with van der Waals surface area (Å²) in [7, 11) is 0. The van der Waals surface area contributed by atoms with Gasteiger partial charge in [-0.3, -0.25) is 0 Å². The van der Waals surface area contributed by atoms with E-state index < -0.39 is 0 Å². The second-order valence-electron chi connectivity index (χ2n) is 14.6. The molecular weight excluding hydrogens is 691 g/mol. The van der Waals surface area contributed by atoms with Crippen LogP contribution in [0.1, 0.15) is 0 Å². The van der Waals surface area contributed by atoms with Crippen molar-refractivity contribution in [2.45, 2.75) is 0 Å². The summed E-state index contributed by atoms with van der Waals surface area (Å²) in [6.07, 6.45) is 0. The quantitative estimate of drug-likeness (QED) is 0.159. The summed E-state index contributed by atoms with van der Waals surface area (Å²) in [5.41, 5.74) is 15.3. The predicted molar refractivity (Wildman–Crippen MR) is 241 cm³/mol. The maximum absolute atomic E-state index is 2.36. The molecule has 11 aromatic rings. The summed E-state index contributed by atoms with van der Waals surface area (Å²) in [4.78, 5) is 2.33. The molecule has 3 nitrogen and oxygen atoms in total. The highest BCUT2D eigenvalue weighted by molar-refractivity contribution is 6.11. The molecule has 2 aromatic heterocycles. The van der Waals surface area contributed by atoms with Crippen LogP contribution in [0, 0.1) is 0 Å². The van der Waals surface area contributed by atoms with Gasteiger partial charge in [0, 0.05) is 50.0 Å². The van der Waals surface area contributed by atoms with Gasteiger partial charge in [-0.15, -0.1) is 0 Å². The van der Waals surface area contributed by atoms with Crippen LogP contribution in [0.4, 0.5) is 17.1 Å². The molecule has 0 bridgehead atoms. The standard InChI is InChI=1S/C54H37N3/c1-3-13-42(14-4-1)55(44-30-23-38(24-31-44)39-25-34-46(35-26-39)57-51-20-10-7-17-47(51)48-18-8-11-21-52(48)57)45-32-27-40(28-33-45)41-29-36-54-50(37-41)49-19-9-12-22-53(49)56(54)43-15-5-2-6-16-43/h1-37H. The van der Waals surface area contributed by atoms with Crippen molar-refractivity contribution in [1.29, 1.82) is 0 Å². The normalized spacial score (nSPS) is 11.5. The zero-order chi connectivity index (χ0) is 37.7. The minimum atomic E-state index is 1.11. The Morgan fingerprint density at radius 2 is 0.596 bits per heavy atom. The van der Waals surface area contributed by atoms with Gasteiger partial charge in [0.05, 0.1) is 22.1 Å². The van der Waals surface area contributed by atoms with Crippen LogP contribution in [-0.4, -0.2) is 9.13 Å². The van der Waals surface area contributed by atoms with E-state index in [-0.39, 0.29) is 0 Å². The molecule has 3 heteroatoms. The molecule has 0 atom stereocenters. The first-order chi connectivity index (χ1) is 28.3. The molecular formula is C54H37N3. The number of fused-ring (bicyclic) bond motifs is 6. The first-order valence-electron chi connectivity index (χ1n) is 19.5. The van der Waals surface area contributed by atoms with E-state index in [0.29, 0.717) is 0 Å². The molecule has 57 heavy (non-hydrogen) atoms. The van der Waals surface area contributed by atoms with E-state index in [1.54, 1.807) is 0 Å². The van der Waals surface area contributed by atoms with E-state index in [4.69, 9.17) is 0 Å². The summed E-state index contributed by atoms with van der Waals surface area (Å²) in [5, 5.41) is 5.06. The van der Waals surface area contributed by atoms with Crippen LogP contribution in [0.2, 0.25) is 0 Å². The Morgan fingerprint density at radius 1 is 0.246 bits per heavy atom. The zero-order valence-corrected chi connectivity index (χ0v) is 31.2. The average molecular weight is 728 g/mol. The molecule has 0 radical (unpaired) electrons. The Morgan fingerprint density at radius 3 is 1.12 bits per heavy atom. The summed E-state index contributed by atoms with van der Waals surface area (Å²) >= 11 is 0. The zero-order valence-electron chi connectivity index (χ0n) is 31.2. The lowest BCUT2D eigenvalue weighted by molar-refractivity contribution is 1.18. The van der Waals surface area contributed by atoms with E-state index >= 15 is 0 Å². The first kappa shape index (κ1) is 32.8. The van der Waals surface area contributed by atoms with E-state index in [1.165, 1.54) is 71.6 Å². The minimum Gasteiger partial charge on any atom is -0.311 e. The largest absolute Gasteiger partial charge is 0.311 e. The Bertz CT molecular complexity index is 3140. The number of rotatable bonds is 7. The Hall–Kier alpha value is -7.62. The topological polar surface area (TPSA) is 13.1 Å². The van der Waals surface area contributed by atoms with Crippen LogP contribution in [-0.2, 0) is 0 Å². The third kappa shape index (κ3) is 5.60. The van der Waals surface area contributed by atoms with Crippen LogP contribution >= 0.6 is 0 Å². The van der Waals surface area contributed by atoms with Crippen LogP contribution < -0.4 is 4.90 Å². The molecule has 0 saturated heterocycles. The Labute approximate surface area is 331 Å². The predicted octanol–water partition coefficient (Wildman–Crippen LogP) is 14.7. The van der Waals surface area contributed by atoms with Gasteiger partial charge in [0.2, 0.25) is 0 Å². The molecule has 0 amide bonds. The lowest BCUT2D eigenvalue weighted by Gasteiger charge is -2.26. The maximum Gasteiger partial charge on any atom is 0.0541 e.